The molecular formula is C9H11NO6. The molecule has 0 saturated carbocycles. The maximum Gasteiger partial charge on any atom is 0.348 e. The summed E-state index contributed by atoms with van der Waals surface area (Å²) in [6, 6.07) is 0. The number of rotatable bonds is 4. The SMILES string of the molecule is CC(=O)CC1OC(=O)C(CC(N)=O)OC1=O. The highest BCUT2D eigenvalue weighted by Gasteiger charge is 2.39. The van der Waals surface area contributed by atoms with Crippen LogP contribution in [0, 0.1) is 0 Å². The van der Waals surface area contributed by atoms with Gasteiger partial charge < -0.3 is 15.2 Å². The van der Waals surface area contributed by atoms with E-state index in [1.807, 2.05) is 0 Å². The standard InChI is InChI=1S/C9H11NO6/c1-4(11)2-5-8(13)16-6(3-7(10)12)9(14)15-5/h5-6H,2-3H2,1H3,(H2,10,12). The number of hydrogen-bond acceptors (Lipinski definition) is 6. The maximum absolute atomic E-state index is 11.3. The van der Waals surface area contributed by atoms with E-state index in [9.17, 15) is 19.2 Å². The van der Waals surface area contributed by atoms with Gasteiger partial charge in [0, 0.05) is 0 Å². The molecule has 2 N–H and O–H groups in total. The van der Waals surface area contributed by atoms with Crippen LogP contribution in [-0.4, -0.2) is 35.8 Å². The van der Waals surface area contributed by atoms with Crippen molar-refractivity contribution in [1.29, 1.82) is 0 Å². The molecule has 7 heteroatoms. The first-order chi connectivity index (χ1) is 7.40. The van der Waals surface area contributed by atoms with Gasteiger partial charge in [-0.1, -0.05) is 0 Å². The second kappa shape index (κ2) is 4.73. The Morgan fingerprint density at radius 2 is 1.56 bits per heavy atom. The van der Waals surface area contributed by atoms with Crippen molar-refractivity contribution in [3.8, 4) is 0 Å². The van der Waals surface area contributed by atoms with Crippen molar-refractivity contribution in [2.45, 2.75) is 32.0 Å². The first kappa shape index (κ1) is 12.2. The summed E-state index contributed by atoms with van der Waals surface area (Å²) in [6.07, 6.45) is -3.16. The van der Waals surface area contributed by atoms with Gasteiger partial charge in [0.2, 0.25) is 18.1 Å². The van der Waals surface area contributed by atoms with Crippen LogP contribution < -0.4 is 5.73 Å². The molecule has 1 saturated heterocycles. The van der Waals surface area contributed by atoms with Crippen LogP contribution in [0.3, 0.4) is 0 Å². The second-order valence-electron chi connectivity index (χ2n) is 3.43. The minimum Gasteiger partial charge on any atom is -0.447 e. The van der Waals surface area contributed by atoms with Crippen molar-refractivity contribution in [3.05, 3.63) is 0 Å². The smallest absolute Gasteiger partial charge is 0.348 e. The average Bonchev–Trinajstić information content (AvgIpc) is 2.11. The zero-order valence-corrected chi connectivity index (χ0v) is 8.60. The summed E-state index contributed by atoms with van der Waals surface area (Å²) in [7, 11) is 0. The third kappa shape index (κ3) is 3.04. The lowest BCUT2D eigenvalue weighted by Gasteiger charge is -2.26. The van der Waals surface area contributed by atoms with E-state index in [0.717, 1.165) is 0 Å². The molecule has 1 amide bonds. The van der Waals surface area contributed by atoms with Gasteiger partial charge in [-0.15, -0.1) is 0 Å². The zero-order valence-electron chi connectivity index (χ0n) is 8.60. The van der Waals surface area contributed by atoms with E-state index in [0.29, 0.717) is 0 Å². The molecule has 0 bridgehead atoms. The second-order valence-corrected chi connectivity index (χ2v) is 3.43. The van der Waals surface area contributed by atoms with Crippen LogP contribution in [0.4, 0.5) is 0 Å². The molecule has 2 unspecified atom stereocenters. The number of hydrogen-bond donors (Lipinski definition) is 1. The minimum atomic E-state index is -1.30. The quantitative estimate of drug-likeness (QED) is 0.598. The summed E-state index contributed by atoms with van der Waals surface area (Å²) >= 11 is 0. The molecule has 1 aliphatic heterocycles. The lowest BCUT2D eigenvalue weighted by molar-refractivity contribution is -0.196. The van der Waals surface area contributed by atoms with Crippen molar-refractivity contribution in [2.75, 3.05) is 0 Å². The molecule has 1 fully saturated rings. The van der Waals surface area contributed by atoms with Crippen molar-refractivity contribution in [2.24, 2.45) is 5.73 Å². The summed E-state index contributed by atoms with van der Waals surface area (Å²) < 4.78 is 9.34. The van der Waals surface area contributed by atoms with Crippen molar-refractivity contribution in [3.63, 3.8) is 0 Å². The third-order valence-corrected chi connectivity index (χ3v) is 1.90. The number of esters is 2. The van der Waals surface area contributed by atoms with E-state index in [-0.39, 0.29) is 12.2 Å². The molecule has 1 aliphatic rings. The van der Waals surface area contributed by atoms with Gasteiger partial charge in [0.05, 0.1) is 12.8 Å². The summed E-state index contributed by atoms with van der Waals surface area (Å²) in [5.74, 6) is -2.77. The number of ketones is 1. The number of amides is 1. The van der Waals surface area contributed by atoms with Gasteiger partial charge in [0.15, 0.2) is 0 Å². The van der Waals surface area contributed by atoms with Gasteiger partial charge in [-0.05, 0) is 6.92 Å². The normalized spacial score (nSPS) is 24.6. The highest BCUT2D eigenvalue weighted by atomic mass is 16.6. The predicted molar refractivity (Wildman–Crippen MR) is 48.9 cm³/mol. The Bertz CT molecular complexity index is 316. The summed E-state index contributed by atoms with van der Waals surface area (Å²) in [5, 5.41) is 0. The van der Waals surface area contributed by atoms with Crippen LogP contribution in [0.15, 0.2) is 0 Å². The van der Waals surface area contributed by atoms with Crippen LogP contribution in [0.2, 0.25) is 0 Å². The fourth-order valence-corrected chi connectivity index (χ4v) is 1.22. The molecular weight excluding hydrogens is 218 g/mol. The third-order valence-electron chi connectivity index (χ3n) is 1.90. The van der Waals surface area contributed by atoms with Crippen molar-refractivity contribution in [1.82, 2.24) is 0 Å². The number of nitrogens with two attached hydrogens (primary N) is 1. The Labute approximate surface area is 90.9 Å². The molecule has 0 aliphatic carbocycles. The van der Waals surface area contributed by atoms with Gasteiger partial charge in [-0.25, -0.2) is 9.59 Å². The number of ether oxygens (including phenoxy) is 2. The van der Waals surface area contributed by atoms with Gasteiger partial charge >= 0.3 is 11.9 Å². The van der Waals surface area contributed by atoms with Crippen LogP contribution >= 0.6 is 0 Å². The van der Waals surface area contributed by atoms with Gasteiger partial charge in [-0.2, -0.15) is 0 Å². The van der Waals surface area contributed by atoms with Gasteiger partial charge in [0.1, 0.15) is 5.78 Å². The molecule has 0 aromatic carbocycles. The van der Waals surface area contributed by atoms with E-state index in [1.165, 1.54) is 6.92 Å². The van der Waals surface area contributed by atoms with E-state index in [1.54, 1.807) is 0 Å². The Hall–Kier alpha value is -1.92. The highest BCUT2D eigenvalue weighted by molar-refractivity contribution is 5.93. The van der Waals surface area contributed by atoms with E-state index >= 15 is 0 Å². The topological polar surface area (TPSA) is 113 Å². The largest absolute Gasteiger partial charge is 0.447 e. The van der Waals surface area contributed by atoms with Crippen LogP contribution in [0.5, 0.6) is 0 Å². The fourth-order valence-electron chi connectivity index (χ4n) is 1.22. The lowest BCUT2D eigenvalue weighted by atomic mass is 10.1. The van der Waals surface area contributed by atoms with E-state index < -0.39 is 36.5 Å². The molecule has 2 atom stereocenters. The van der Waals surface area contributed by atoms with Crippen molar-refractivity contribution >= 4 is 23.6 Å². The number of carbonyl (C=O) groups excluding carboxylic acids is 4. The summed E-state index contributed by atoms with van der Waals surface area (Å²) in [6.45, 7) is 1.26. The number of carbonyl (C=O) groups is 4. The predicted octanol–water partition coefficient (Wildman–Crippen LogP) is -1.32. The zero-order chi connectivity index (χ0) is 12.3. The highest BCUT2D eigenvalue weighted by Crippen LogP contribution is 2.15. The Kier molecular flexibility index (Phi) is 3.60. The Morgan fingerprint density at radius 3 is 1.94 bits per heavy atom. The molecule has 1 rings (SSSR count). The summed E-state index contributed by atoms with van der Waals surface area (Å²) in [4.78, 5) is 43.8. The molecule has 1 heterocycles. The molecule has 0 aromatic rings. The Balaban J connectivity index is 2.63. The number of cyclic esters (lactones) is 2. The lowest BCUT2D eigenvalue weighted by Crippen LogP contribution is -2.46. The molecule has 7 nitrogen and oxygen atoms in total. The van der Waals surface area contributed by atoms with Crippen LogP contribution in [0.1, 0.15) is 19.8 Å². The minimum absolute atomic E-state index is 0.228. The first-order valence-corrected chi connectivity index (χ1v) is 4.59. The molecule has 0 radical (unpaired) electrons. The first-order valence-electron chi connectivity index (χ1n) is 4.59. The maximum atomic E-state index is 11.3. The van der Waals surface area contributed by atoms with E-state index in [4.69, 9.17) is 5.73 Å². The monoisotopic (exact) mass is 229 g/mol. The molecule has 0 aromatic heterocycles. The summed E-state index contributed by atoms with van der Waals surface area (Å²) in [5.41, 5.74) is 4.85. The van der Waals surface area contributed by atoms with Crippen molar-refractivity contribution < 1.29 is 28.7 Å². The molecule has 0 spiro atoms. The van der Waals surface area contributed by atoms with Gasteiger partial charge in [0.25, 0.3) is 0 Å². The fraction of sp³-hybridized carbons (Fsp3) is 0.556. The van der Waals surface area contributed by atoms with Crippen LogP contribution in [-0.2, 0) is 28.7 Å². The Morgan fingerprint density at radius 1 is 1.12 bits per heavy atom. The average molecular weight is 229 g/mol. The van der Waals surface area contributed by atoms with E-state index in [2.05, 4.69) is 9.47 Å². The van der Waals surface area contributed by atoms with Gasteiger partial charge in [-0.3, -0.25) is 9.59 Å². The molecule has 16 heavy (non-hydrogen) atoms. The number of primary amides is 1. The number of Topliss-reactive ketones (excluding diaryl/α,β-unsaturated/α-hetero) is 1. The van der Waals surface area contributed by atoms with Crippen LogP contribution in [0.25, 0.3) is 0 Å². The molecule has 88 valence electrons.